The van der Waals surface area contributed by atoms with E-state index in [4.69, 9.17) is 0 Å². The summed E-state index contributed by atoms with van der Waals surface area (Å²) in [6, 6.07) is 11.8. The lowest BCUT2D eigenvalue weighted by molar-refractivity contribution is 0.0807. The average Bonchev–Trinajstić information content (AvgIpc) is 2.66. The van der Waals surface area contributed by atoms with Gasteiger partial charge in [-0.05, 0) is 51.5 Å². The molecule has 0 aliphatic heterocycles. The molecule has 1 aliphatic rings. The smallest absolute Gasteiger partial charge is 0.181 e. The van der Waals surface area contributed by atoms with E-state index >= 15 is 0 Å². The minimum absolute atomic E-state index is 0.103. The highest BCUT2D eigenvalue weighted by Crippen LogP contribution is 2.50. The number of allylic oxidation sites excluding steroid dienone is 4. The summed E-state index contributed by atoms with van der Waals surface area (Å²) in [5.41, 5.74) is 2.12. The quantitative estimate of drug-likeness (QED) is 0.455. The minimum Gasteiger partial charge on any atom is -0.508 e. The van der Waals surface area contributed by atoms with Crippen molar-refractivity contribution in [1.82, 2.24) is 0 Å². The SMILES string of the molecule is CC(C)=CCC1C(C)=CCCC1(C(=O)c1c(O)cc(O)cc1O)c1ccccc1. The lowest BCUT2D eigenvalue weighted by Gasteiger charge is -2.43. The van der Waals surface area contributed by atoms with Crippen LogP contribution in [0.2, 0.25) is 0 Å². The number of hydrogen-bond acceptors (Lipinski definition) is 4. The second-order valence-electron chi connectivity index (χ2n) is 8.08. The molecule has 0 aromatic heterocycles. The summed E-state index contributed by atoms with van der Waals surface area (Å²) in [4.78, 5) is 14.0. The molecule has 0 saturated carbocycles. The van der Waals surface area contributed by atoms with Gasteiger partial charge < -0.3 is 15.3 Å². The predicted molar refractivity (Wildman–Crippen MR) is 114 cm³/mol. The molecule has 2 aromatic carbocycles. The van der Waals surface area contributed by atoms with E-state index in [1.807, 2.05) is 51.1 Å². The fraction of sp³-hybridized carbons (Fsp3) is 0.320. The number of hydrogen-bond donors (Lipinski definition) is 3. The summed E-state index contributed by atoms with van der Waals surface area (Å²) in [5.74, 6) is -1.52. The number of aromatic hydroxyl groups is 3. The molecule has 2 aromatic rings. The van der Waals surface area contributed by atoms with Crippen molar-refractivity contribution >= 4 is 5.78 Å². The zero-order valence-electron chi connectivity index (χ0n) is 17.1. The Balaban J connectivity index is 2.26. The second-order valence-corrected chi connectivity index (χ2v) is 8.08. The highest BCUT2D eigenvalue weighted by Gasteiger charge is 2.49. The first-order valence-electron chi connectivity index (χ1n) is 9.92. The van der Waals surface area contributed by atoms with Crippen molar-refractivity contribution in [3.05, 3.63) is 76.9 Å². The van der Waals surface area contributed by atoms with E-state index in [0.29, 0.717) is 12.8 Å². The summed E-state index contributed by atoms with van der Waals surface area (Å²) in [6.45, 7) is 6.11. The standard InChI is InChI=1S/C25H28O4/c1-16(2)11-12-20-17(3)8-7-13-25(20,18-9-5-4-6-10-18)24(29)23-21(27)14-19(26)15-22(23)28/h4-6,8-11,14-15,20,26-28H,7,12-13H2,1-3H3. The molecular weight excluding hydrogens is 364 g/mol. The fourth-order valence-electron chi connectivity index (χ4n) is 4.51. The summed E-state index contributed by atoms with van der Waals surface area (Å²) in [7, 11) is 0. The first-order valence-corrected chi connectivity index (χ1v) is 9.92. The Morgan fingerprint density at radius 1 is 1.10 bits per heavy atom. The van der Waals surface area contributed by atoms with Gasteiger partial charge in [0.15, 0.2) is 5.78 Å². The zero-order chi connectivity index (χ0) is 21.2. The van der Waals surface area contributed by atoms with Crippen LogP contribution in [0.1, 0.15) is 56.0 Å². The van der Waals surface area contributed by atoms with Crippen LogP contribution < -0.4 is 0 Å². The van der Waals surface area contributed by atoms with Gasteiger partial charge in [0.05, 0.1) is 5.41 Å². The van der Waals surface area contributed by atoms with Gasteiger partial charge in [0, 0.05) is 12.1 Å². The molecule has 0 radical (unpaired) electrons. The van der Waals surface area contributed by atoms with E-state index in [9.17, 15) is 20.1 Å². The number of phenolic OH excluding ortho intramolecular Hbond substituents is 3. The monoisotopic (exact) mass is 392 g/mol. The van der Waals surface area contributed by atoms with E-state index in [0.717, 1.165) is 29.7 Å². The number of benzene rings is 2. The van der Waals surface area contributed by atoms with Gasteiger partial charge in [0.25, 0.3) is 0 Å². The van der Waals surface area contributed by atoms with Crippen LogP contribution in [0, 0.1) is 5.92 Å². The number of rotatable bonds is 5. The molecule has 4 nitrogen and oxygen atoms in total. The van der Waals surface area contributed by atoms with Gasteiger partial charge in [-0.25, -0.2) is 0 Å². The normalized spacial score (nSPS) is 21.3. The number of Topliss-reactive ketones (excluding diaryl/α,β-unsaturated/α-hetero) is 1. The van der Waals surface area contributed by atoms with E-state index < -0.39 is 16.9 Å². The molecule has 0 amide bonds. The average molecular weight is 392 g/mol. The molecule has 0 saturated heterocycles. The van der Waals surface area contributed by atoms with Crippen molar-refractivity contribution in [2.75, 3.05) is 0 Å². The first-order chi connectivity index (χ1) is 13.8. The molecule has 152 valence electrons. The summed E-state index contributed by atoms with van der Waals surface area (Å²) < 4.78 is 0. The molecule has 1 aliphatic carbocycles. The Morgan fingerprint density at radius 3 is 2.31 bits per heavy atom. The van der Waals surface area contributed by atoms with Gasteiger partial charge in [-0.15, -0.1) is 0 Å². The van der Waals surface area contributed by atoms with Crippen LogP contribution in [0.4, 0.5) is 0 Å². The molecular formula is C25H28O4. The Kier molecular flexibility index (Phi) is 5.83. The zero-order valence-corrected chi connectivity index (χ0v) is 17.1. The molecule has 29 heavy (non-hydrogen) atoms. The Morgan fingerprint density at radius 2 is 1.72 bits per heavy atom. The number of carbonyl (C=O) groups is 1. The van der Waals surface area contributed by atoms with Gasteiger partial charge in [-0.2, -0.15) is 0 Å². The van der Waals surface area contributed by atoms with Gasteiger partial charge >= 0.3 is 0 Å². The maximum Gasteiger partial charge on any atom is 0.181 e. The van der Waals surface area contributed by atoms with Crippen LogP contribution >= 0.6 is 0 Å². The third-order valence-electron chi connectivity index (χ3n) is 5.91. The molecule has 4 heteroatoms. The lowest BCUT2D eigenvalue weighted by Crippen LogP contribution is -2.45. The Labute approximate surface area is 171 Å². The summed E-state index contributed by atoms with van der Waals surface area (Å²) >= 11 is 0. The van der Waals surface area contributed by atoms with E-state index in [-0.39, 0.29) is 23.0 Å². The van der Waals surface area contributed by atoms with Crippen molar-refractivity contribution in [3.63, 3.8) is 0 Å². The molecule has 0 fully saturated rings. The van der Waals surface area contributed by atoms with Crippen LogP contribution in [0.25, 0.3) is 0 Å². The lowest BCUT2D eigenvalue weighted by atomic mass is 9.58. The third-order valence-corrected chi connectivity index (χ3v) is 5.91. The van der Waals surface area contributed by atoms with Crippen molar-refractivity contribution in [1.29, 1.82) is 0 Å². The van der Waals surface area contributed by atoms with Gasteiger partial charge in [-0.3, -0.25) is 4.79 Å². The highest BCUT2D eigenvalue weighted by atomic mass is 16.3. The van der Waals surface area contributed by atoms with Crippen molar-refractivity contribution in [2.24, 2.45) is 5.92 Å². The van der Waals surface area contributed by atoms with Crippen LogP contribution in [-0.2, 0) is 5.41 Å². The molecule has 3 rings (SSSR count). The van der Waals surface area contributed by atoms with Crippen molar-refractivity contribution < 1.29 is 20.1 Å². The third kappa shape index (κ3) is 3.80. The van der Waals surface area contributed by atoms with E-state index in [1.54, 1.807) is 0 Å². The molecule has 0 heterocycles. The molecule has 0 bridgehead atoms. The Bertz CT molecular complexity index is 945. The number of carbonyl (C=O) groups excluding carboxylic acids is 1. The molecule has 2 atom stereocenters. The molecule has 2 unspecified atom stereocenters. The molecule has 3 N–H and O–H groups in total. The second kappa shape index (κ2) is 8.16. The number of phenols is 3. The van der Waals surface area contributed by atoms with Crippen LogP contribution in [0.3, 0.4) is 0 Å². The van der Waals surface area contributed by atoms with Crippen molar-refractivity contribution in [2.45, 2.75) is 45.4 Å². The topological polar surface area (TPSA) is 77.8 Å². The highest BCUT2D eigenvalue weighted by molar-refractivity contribution is 6.08. The van der Waals surface area contributed by atoms with E-state index in [1.165, 1.54) is 5.57 Å². The largest absolute Gasteiger partial charge is 0.508 e. The minimum atomic E-state index is -0.919. The van der Waals surface area contributed by atoms with Gasteiger partial charge in [0.2, 0.25) is 0 Å². The fourth-order valence-corrected chi connectivity index (χ4v) is 4.51. The Hall–Kier alpha value is -3.01. The van der Waals surface area contributed by atoms with E-state index in [2.05, 4.69) is 12.2 Å². The van der Waals surface area contributed by atoms with Gasteiger partial charge in [0.1, 0.15) is 22.8 Å². The first kappa shape index (κ1) is 20.7. The van der Waals surface area contributed by atoms with Crippen molar-refractivity contribution in [3.8, 4) is 17.2 Å². The van der Waals surface area contributed by atoms with Crippen LogP contribution in [-0.4, -0.2) is 21.1 Å². The summed E-state index contributed by atoms with van der Waals surface area (Å²) in [6.07, 6.45) is 6.31. The predicted octanol–water partition coefficient (Wildman–Crippen LogP) is 5.64. The number of ketones is 1. The maximum absolute atomic E-state index is 14.0. The van der Waals surface area contributed by atoms with Crippen LogP contribution in [0.5, 0.6) is 17.2 Å². The maximum atomic E-state index is 14.0. The van der Waals surface area contributed by atoms with Crippen LogP contribution in [0.15, 0.2) is 65.8 Å². The summed E-state index contributed by atoms with van der Waals surface area (Å²) in [5, 5.41) is 30.6. The van der Waals surface area contributed by atoms with Gasteiger partial charge in [-0.1, -0.05) is 53.6 Å². The molecule has 0 spiro atoms.